The van der Waals surface area contributed by atoms with Crippen LogP contribution in [0.1, 0.15) is 11.1 Å². The third-order valence-electron chi connectivity index (χ3n) is 3.14. The van der Waals surface area contributed by atoms with Gasteiger partial charge >= 0.3 is 6.18 Å². The molecule has 0 radical (unpaired) electrons. The van der Waals surface area contributed by atoms with Crippen LogP contribution in [0.2, 0.25) is 0 Å². The van der Waals surface area contributed by atoms with Crippen LogP contribution in [-0.2, 0) is 22.3 Å². The van der Waals surface area contributed by atoms with Crippen LogP contribution in [0.15, 0.2) is 24.3 Å². The second kappa shape index (κ2) is 5.80. The summed E-state index contributed by atoms with van der Waals surface area (Å²) in [6.45, 7) is 0.881. The van der Waals surface area contributed by atoms with Gasteiger partial charge in [0.15, 0.2) is 0 Å². The van der Waals surface area contributed by atoms with Gasteiger partial charge in [-0.3, -0.25) is 4.79 Å². The van der Waals surface area contributed by atoms with E-state index in [4.69, 9.17) is 10.5 Å². The molecule has 1 aromatic carbocycles. The maximum Gasteiger partial charge on any atom is 0.416 e. The molecule has 2 rings (SSSR count). The van der Waals surface area contributed by atoms with Gasteiger partial charge in [-0.15, -0.1) is 0 Å². The van der Waals surface area contributed by atoms with Crippen LogP contribution in [0.3, 0.4) is 0 Å². The lowest BCUT2D eigenvalue weighted by Crippen LogP contribution is -2.48. The standard InChI is InChI=1S/C13H15F3N2O2/c14-13(15,16)10-3-1-9(2-4-10)6-18-7-11(5-17)20-8-12(18)19/h1-4,11H,5-8,17H2. The molecule has 20 heavy (non-hydrogen) atoms. The van der Waals surface area contributed by atoms with Crippen LogP contribution in [-0.4, -0.2) is 36.6 Å². The van der Waals surface area contributed by atoms with Gasteiger partial charge in [-0.1, -0.05) is 12.1 Å². The van der Waals surface area contributed by atoms with Crippen molar-refractivity contribution in [2.75, 3.05) is 19.7 Å². The first-order chi connectivity index (χ1) is 9.40. The van der Waals surface area contributed by atoms with E-state index in [1.165, 1.54) is 12.1 Å². The first-order valence-corrected chi connectivity index (χ1v) is 6.15. The number of nitrogens with zero attached hydrogens (tertiary/aromatic N) is 1. The molecule has 2 N–H and O–H groups in total. The molecule has 0 aliphatic carbocycles. The van der Waals surface area contributed by atoms with Crippen molar-refractivity contribution in [3.05, 3.63) is 35.4 Å². The van der Waals surface area contributed by atoms with E-state index < -0.39 is 11.7 Å². The van der Waals surface area contributed by atoms with E-state index >= 15 is 0 Å². The number of morpholine rings is 1. The predicted molar refractivity (Wildman–Crippen MR) is 65.7 cm³/mol. The highest BCUT2D eigenvalue weighted by atomic mass is 19.4. The molecule has 1 aromatic rings. The summed E-state index contributed by atoms with van der Waals surface area (Å²) in [5, 5.41) is 0. The highest BCUT2D eigenvalue weighted by Crippen LogP contribution is 2.29. The number of hydrogen-bond donors (Lipinski definition) is 1. The molecular weight excluding hydrogens is 273 g/mol. The van der Waals surface area contributed by atoms with Gasteiger partial charge in [0.05, 0.1) is 11.7 Å². The van der Waals surface area contributed by atoms with Gasteiger partial charge in [0.1, 0.15) is 6.61 Å². The highest BCUT2D eigenvalue weighted by molar-refractivity contribution is 5.78. The number of rotatable bonds is 3. The molecule has 0 bridgehead atoms. The number of amides is 1. The summed E-state index contributed by atoms with van der Waals surface area (Å²) in [6, 6.07) is 4.79. The summed E-state index contributed by atoms with van der Waals surface area (Å²) in [5.74, 6) is -0.186. The SMILES string of the molecule is NCC1CN(Cc2ccc(C(F)(F)F)cc2)C(=O)CO1. The molecule has 1 aliphatic rings. The maximum atomic E-state index is 12.4. The highest BCUT2D eigenvalue weighted by Gasteiger charge is 2.30. The number of carbonyl (C=O) groups is 1. The Hall–Kier alpha value is -1.60. The summed E-state index contributed by atoms with van der Waals surface area (Å²) in [7, 11) is 0. The summed E-state index contributed by atoms with van der Waals surface area (Å²) in [6.07, 6.45) is -4.57. The average molecular weight is 288 g/mol. The van der Waals surface area contributed by atoms with Gasteiger partial charge in [0, 0.05) is 19.6 Å². The number of nitrogens with two attached hydrogens (primary N) is 1. The van der Waals surface area contributed by atoms with Gasteiger partial charge in [-0.2, -0.15) is 13.2 Å². The normalized spacial score (nSPS) is 20.3. The Morgan fingerprint density at radius 1 is 1.30 bits per heavy atom. The molecule has 0 aromatic heterocycles. The van der Waals surface area contributed by atoms with Gasteiger partial charge in [-0.25, -0.2) is 0 Å². The fraction of sp³-hybridized carbons (Fsp3) is 0.462. The molecule has 0 saturated carbocycles. The molecule has 0 spiro atoms. The average Bonchev–Trinajstić information content (AvgIpc) is 2.41. The Bertz CT molecular complexity index is 473. The zero-order valence-electron chi connectivity index (χ0n) is 10.7. The van der Waals surface area contributed by atoms with Gasteiger partial charge < -0.3 is 15.4 Å². The molecule has 1 fully saturated rings. The van der Waals surface area contributed by atoms with E-state index in [9.17, 15) is 18.0 Å². The third-order valence-corrected chi connectivity index (χ3v) is 3.14. The smallest absolute Gasteiger partial charge is 0.365 e. The first kappa shape index (κ1) is 14.8. The summed E-state index contributed by atoms with van der Waals surface area (Å²) >= 11 is 0. The number of alkyl halides is 3. The van der Waals surface area contributed by atoms with Crippen molar-refractivity contribution in [3.8, 4) is 0 Å². The van der Waals surface area contributed by atoms with Crippen LogP contribution < -0.4 is 5.73 Å². The van der Waals surface area contributed by atoms with Crippen molar-refractivity contribution in [1.29, 1.82) is 0 Å². The lowest BCUT2D eigenvalue weighted by atomic mass is 10.1. The maximum absolute atomic E-state index is 12.4. The summed E-state index contributed by atoms with van der Waals surface area (Å²) in [5.41, 5.74) is 5.43. The Morgan fingerprint density at radius 3 is 2.50 bits per heavy atom. The zero-order valence-corrected chi connectivity index (χ0v) is 10.7. The fourth-order valence-electron chi connectivity index (χ4n) is 2.00. The van der Waals surface area contributed by atoms with Crippen LogP contribution in [0.4, 0.5) is 13.2 Å². The minimum absolute atomic E-state index is 0.0392. The summed E-state index contributed by atoms with van der Waals surface area (Å²) in [4.78, 5) is 13.2. The van der Waals surface area contributed by atoms with E-state index in [2.05, 4.69) is 0 Å². The van der Waals surface area contributed by atoms with E-state index in [-0.39, 0.29) is 25.2 Å². The number of carbonyl (C=O) groups excluding carboxylic acids is 1. The largest absolute Gasteiger partial charge is 0.416 e. The molecule has 1 heterocycles. The van der Waals surface area contributed by atoms with Gasteiger partial charge in [-0.05, 0) is 17.7 Å². The Kier molecular flexibility index (Phi) is 4.29. The van der Waals surface area contributed by atoms with Crippen LogP contribution in [0.5, 0.6) is 0 Å². The quantitative estimate of drug-likeness (QED) is 0.914. The van der Waals surface area contributed by atoms with Crippen molar-refractivity contribution in [2.45, 2.75) is 18.8 Å². The van der Waals surface area contributed by atoms with Crippen molar-refractivity contribution < 1.29 is 22.7 Å². The second-order valence-electron chi connectivity index (χ2n) is 4.64. The molecule has 4 nitrogen and oxygen atoms in total. The number of hydrogen-bond acceptors (Lipinski definition) is 3. The van der Waals surface area contributed by atoms with Crippen LogP contribution in [0, 0.1) is 0 Å². The molecule has 1 saturated heterocycles. The monoisotopic (exact) mass is 288 g/mol. The molecule has 110 valence electrons. The Morgan fingerprint density at radius 2 is 1.95 bits per heavy atom. The van der Waals surface area contributed by atoms with Gasteiger partial charge in [0.2, 0.25) is 5.91 Å². The minimum atomic E-state index is -4.35. The number of halogens is 3. The predicted octanol–water partition coefficient (Wildman–Crippen LogP) is 1.39. The van der Waals surface area contributed by atoms with Crippen molar-refractivity contribution in [1.82, 2.24) is 4.90 Å². The Labute approximate surface area is 114 Å². The molecular formula is C13H15F3N2O2. The minimum Gasteiger partial charge on any atom is -0.365 e. The van der Waals surface area contributed by atoms with E-state index in [0.29, 0.717) is 18.7 Å². The lowest BCUT2D eigenvalue weighted by molar-refractivity contribution is -0.149. The Balaban J connectivity index is 2.04. The second-order valence-corrected chi connectivity index (χ2v) is 4.64. The van der Waals surface area contributed by atoms with E-state index in [1.807, 2.05) is 0 Å². The molecule has 7 heteroatoms. The third kappa shape index (κ3) is 3.49. The molecule has 1 unspecified atom stereocenters. The summed E-state index contributed by atoms with van der Waals surface area (Å²) < 4.78 is 42.5. The van der Waals surface area contributed by atoms with E-state index in [0.717, 1.165) is 12.1 Å². The van der Waals surface area contributed by atoms with Crippen molar-refractivity contribution in [2.24, 2.45) is 5.73 Å². The topological polar surface area (TPSA) is 55.6 Å². The lowest BCUT2D eigenvalue weighted by Gasteiger charge is -2.32. The van der Waals surface area contributed by atoms with Crippen molar-refractivity contribution in [3.63, 3.8) is 0 Å². The van der Waals surface area contributed by atoms with Crippen LogP contribution in [0.25, 0.3) is 0 Å². The number of ether oxygens (including phenoxy) is 1. The van der Waals surface area contributed by atoms with Crippen molar-refractivity contribution >= 4 is 5.91 Å². The van der Waals surface area contributed by atoms with E-state index in [1.54, 1.807) is 4.90 Å². The molecule has 1 aliphatic heterocycles. The fourth-order valence-corrected chi connectivity index (χ4v) is 2.00. The first-order valence-electron chi connectivity index (χ1n) is 6.15. The zero-order chi connectivity index (χ0) is 14.8. The van der Waals surface area contributed by atoms with Gasteiger partial charge in [0.25, 0.3) is 0 Å². The van der Waals surface area contributed by atoms with Crippen LogP contribution >= 0.6 is 0 Å². The number of benzene rings is 1. The molecule has 1 amide bonds. The molecule has 1 atom stereocenters.